The zero-order chi connectivity index (χ0) is 22.7. The van der Waals surface area contributed by atoms with Gasteiger partial charge in [0.15, 0.2) is 0 Å². The van der Waals surface area contributed by atoms with Gasteiger partial charge in [0.25, 0.3) is 5.91 Å². The first kappa shape index (κ1) is 22.9. The molecule has 2 fully saturated rings. The molecule has 1 atom stereocenters. The second kappa shape index (κ2) is 10.1. The zero-order valence-corrected chi connectivity index (χ0v) is 19.5. The summed E-state index contributed by atoms with van der Waals surface area (Å²) < 4.78 is 5.71. The lowest BCUT2D eigenvalue weighted by Crippen LogP contribution is -2.40. The van der Waals surface area contributed by atoms with Crippen LogP contribution in [0.15, 0.2) is 53.0 Å². The van der Waals surface area contributed by atoms with Crippen LogP contribution in [0.2, 0.25) is 5.02 Å². The number of allylic oxidation sites excluding steroid dienone is 2. The minimum absolute atomic E-state index is 0.00921. The Hall–Kier alpha value is -2.25. The third kappa shape index (κ3) is 5.04. The highest BCUT2D eigenvalue weighted by atomic mass is 35.5. The summed E-state index contributed by atoms with van der Waals surface area (Å²) in [5.41, 5.74) is 4.10. The molecule has 0 radical (unpaired) electrons. The van der Waals surface area contributed by atoms with Gasteiger partial charge in [-0.05, 0) is 73.2 Å². The van der Waals surface area contributed by atoms with E-state index in [2.05, 4.69) is 24.4 Å². The number of carbonyl (C=O) groups excluding carboxylic acids is 1. The lowest BCUT2D eigenvalue weighted by molar-refractivity contribution is 0.0546. The van der Waals surface area contributed by atoms with Crippen molar-refractivity contribution in [2.45, 2.75) is 37.9 Å². The van der Waals surface area contributed by atoms with E-state index in [-0.39, 0.29) is 18.1 Å². The Bertz CT molecular complexity index is 1050. The number of hydrogen-bond donors (Lipinski definition) is 1. The second-order valence-corrected chi connectivity index (χ2v) is 9.49. The van der Waals surface area contributed by atoms with Crippen molar-refractivity contribution in [3.8, 4) is 10.4 Å². The summed E-state index contributed by atoms with van der Waals surface area (Å²) in [6.45, 7) is 9.76. The fourth-order valence-electron chi connectivity index (χ4n) is 4.06. The monoisotopic (exact) mass is 470 g/mol. The van der Waals surface area contributed by atoms with Crippen molar-refractivity contribution < 1.29 is 14.6 Å². The van der Waals surface area contributed by atoms with Crippen LogP contribution in [-0.2, 0) is 4.74 Å². The number of aliphatic imine (C=N–C) groups is 1. The van der Waals surface area contributed by atoms with E-state index in [0.29, 0.717) is 36.5 Å². The first-order valence-corrected chi connectivity index (χ1v) is 12.1. The molecule has 2 aromatic rings. The largest absolute Gasteiger partial charge is 0.393 e. The van der Waals surface area contributed by atoms with Gasteiger partial charge < -0.3 is 14.7 Å². The Balaban J connectivity index is 1.49. The smallest absolute Gasteiger partial charge is 0.253 e. The summed E-state index contributed by atoms with van der Waals surface area (Å²) in [4.78, 5) is 19.7. The molecule has 3 heterocycles. The molecule has 4 rings (SSSR count). The van der Waals surface area contributed by atoms with Crippen LogP contribution in [0.25, 0.3) is 16.0 Å². The number of nitrogens with zero attached hydrogens (tertiary/aromatic N) is 2. The number of piperidine rings is 1. The summed E-state index contributed by atoms with van der Waals surface area (Å²) >= 11 is 8.15. The van der Waals surface area contributed by atoms with E-state index in [4.69, 9.17) is 16.3 Å². The minimum atomic E-state index is -0.313. The van der Waals surface area contributed by atoms with Crippen molar-refractivity contribution in [3.05, 3.63) is 64.1 Å². The zero-order valence-electron chi connectivity index (χ0n) is 17.9. The average molecular weight is 471 g/mol. The van der Waals surface area contributed by atoms with Crippen molar-refractivity contribution in [1.29, 1.82) is 0 Å². The molecule has 32 heavy (non-hydrogen) atoms. The van der Waals surface area contributed by atoms with Crippen LogP contribution in [0.3, 0.4) is 0 Å². The van der Waals surface area contributed by atoms with E-state index in [1.807, 2.05) is 23.6 Å². The van der Waals surface area contributed by atoms with Gasteiger partial charge in [-0.3, -0.25) is 9.79 Å². The average Bonchev–Trinajstić information content (AvgIpc) is 3.50. The van der Waals surface area contributed by atoms with Crippen LogP contribution in [0.1, 0.15) is 41.6 Å². The molecule has 1 unspecified atom stereocenters. The molecule has 0 spiro atoms. The molecule has 168 valence electrons. The number of carbonyl (C=O) groups is 1. The van der Waals surface area contributed by atoms with E-state index in [1.165, 1.54) is 0 Å². The van der Waals surface area contributed by atoms with Gasteiger partial charge in [-0.2, -0.15) is 0 Å². The Morgan fingerprint density at radius 2 is 2.03 bits per heavy atom. The van der Waals surface area contributed by atoms with Crippen LogP contribution >= 0.6 is 22.9 Å². The Labute approximate surface area is 197 Å². The molecular weight excluding hydrogens is 444 g/mol. The topological polar surface area (TPSA) is 62.1 Å². The molecule has 1 N–H and O–H groups in total. The van der Waals surface area contributed by atoms with Gasteiger partial charge in [-0.1, -0.05) is 24.2 Å². The Kier molecular flexibility index (Phi) is 7.26. The first-order chi connectivity index (χ1) is 15.5. The highest BCUT2D eigenvalue weighted by molar-refractivity contribution is 7.13. The van der Waals surface area contributed by atoms with Crippen molar-refractivity contribution in [2.75, 3.05) is 19.7 Å². The SMILES string of the molecule is C=N/C(=C\C(=C)c1csc(-c2ccc(C(=O)N3CCC(O)CC3)cc2Cl)c1)C1CCCO1. The number of thiophene rings is 1. The molecule has 0 aliphatic carbocycles. The van der Waals surface area contributed by atoms with Gasteiger partial charge in [0.1, 0.15) is 0 Å². The van der Waals surface area contributed by atoms with E-state index in [9.17, 15) is 9.90 Å². The van der Waals surface area contributed by atoms with E-state index in [1.54, 1.807) is 22.3 Å². The number of aliphatic hydroxyl groups excluding tert-OH is 1. The highest BCUT2D eigenvalue weighted by Gasteiger charge is 2.23. The van der Waals surface area contributed by atoms with Gasteiger partial charge in [-0.25, -0.2) is 0 Å². The molecule has 1 aromatic carbocycles. The second-order valence-electron chi connectivity index (χ2n) is 8.17. The predicted molar refractivity (Wildman–Crippen MR) is 132 cm³/mol. The number of halogens is 1. The van der Waals surface area contributed by atoms with Crippen LogP contribution < -0.4 is 0 Å². The maximum atomic E-state index is 12.8. The van der Waals surface area contributed by atoms with Crippen LogP contribution in [-0.4, -0.2) is 54.5 Å². The maximum absolute atomic E-state index is 12.8. The predicted octanol–water partition coefficient (Wildman–Crippen LogP) is 5.44. The number of ether oxygens (including phenoxy) is 1. The summed E-state index contributed by atoms with van der Waals surface area (Å²) in [5.74, 6) is -0.0469. The summed E-state index contributed by atoms with van der Waals surface area (Å²) in [7, 11) is 0. The molecule has 1 amide bonds. The minimum Gasteiger partial charge on any atom is -0.393 e. The molecule has 0 bridgehead atoms. The summed E-state index contributed by atoms with van der Waals surface area (Å²) in [5, 5.41) is 12.2. The Morgan fingerprint density at radius 3 is 2.69 bits per heavy atom. The number of hydrogen-bond acceptors (Lipinski definition) is 5. The van der Waals surface area contributed by atoms with Gasteiger partial charge >= 0.3 is 0 Å². The molecule has 1 aromatic heterocycles. The van der Waals surface area contributed by atoms with Crippen molar-refractivity contribution in [3.63, 3.8) is 0 Å². The standard InChI is InChI=1S/C25H27ClN2O3S/c1-16(12-22(27-2)23-4-3-11-31-23)18-14-24(32-15-18)20-6-5-17(13-21(20)26)25(30)28-9-7-19(29)8-10-28/h5-6,12-15,19,23,29H,1-4,7-11H2/b22-12-. The van der Waals surface area contributed by atoms with Crippen molar-refractivity contribution in [1.82, 2.24) is 4.90 Å². The molecule has 2 saturated heterocycles. The number of aliphatic hydroxyl groups is 1. The summed E-state index contributed by atoms with van der Waals surface area (Å²) in [6, 6.07) is 7.50. The fraction of sp³-hybridized carbons (Fsp3) is 0.360. The first-order valence-electron chi connectivity index (χ1n) is 10.8. The lowest BCUT2D eigenvalue weighted by Gasteiger charge is -2.29. The third-order valence-electron chi connectivity index (χ3n) is 5.97. The van der Waals surface area contributed by atoms with Crippen molar-refractivity contribution in [2.24, 2.45) is 4.99 Å². The van der Waals surface area contributed by atoms with E-state index in [0.717, 1.165) is 46.7 Å². The normalized spacial score (nSPS) is 19.9. The van der Waals surface area contributed by atoms with Gasteiger partial charge in [-0.15, -0.1) is 11.3 Å². The summed E-state index contributed by atoms with van der Waals surface area (Å²) in [6.07, 6.45) is 4.83. The molecule has 0 saturated carbocycles. The number of benzene rings is 1. The molecule has 2 aliphatic rings. The number of likely N-dealkylation sites (tertiary alicyclic amines) is 1. The number of rotatable bonds is 6. The van der Waals surface area contributed by atoms with Crippen LogP contribution in [0, 0.1) is 0 Å². The maximum Gasteiger partial charge on any atom is 0.253 e. The number of amides is 1. The highest BCUT2D eigenvalue weighted by Crippen LogP contribution is 2.36. The van der Waals surface area contributed by atoms with Crippen LogP contribution in [0.5, 0.6) is 0 Å². The van der Waals surface area contributed by atoms with Gasteiger partial charge in [0.05, 0.1) is 22.9 Å². The van der Waals surface area contributed by atoms with Crippen molar-refractivity contribution >= 4 is 41.1 Å². The lowest BCUT2D eigenvalue weighted by atomic mass is 10.0. The third-order valence-corrected chi connectivity index (χ3v) is 7.24. The molecule has 5 nitrogen and oxygen atoms in total. The molecular formula is C25H27ClN2O3S. The fourth-order valence-corrected chi connectivity index (χ4v) is 5.37. The van der Waals surface area contributed by atoms with Crippen LogP contribution in [0.4, 0.5) is 0 Å². The van der Waals surface area contributed by atoms with Gasteiger partial charge in [0, 0.05) is 35.7 Å². The van der Waals surface area contributed by atoms with E-state index < -0.39 is 0 Å². The molecule has 7 heteroatoms. The van der Waals surface area contributed by atoms with E-state index >= 15 is 0 Å². The quantitative estimate of drug-likeness (QED) is 0.451. The van der Waals surface area contributed by atoms with Gasteiger partial charge in [0.2, 0.25) is 0 Å². The Morgan fingerprint density at radius 1 is 1.25 bits per heavy atom. The molecule has 2 aliphatic heterocycles.